The molecule has 1 aliphatic carbocycles. The lowest BCUT2D eigenvalue weighted by Crippen LogP contribution is -2.52. The van der Waals surface area contributed by atoms with E-state index in [1.165, 1.54) is 0 Å². The molecule has 1 aliphatic rings. The fourth-order valence-corrected chi connectivity index (χ4v) is 5.19. The van der Waals surface area contributed by atoms with Gasteiger partial charge in [0.15, 0.2) is 16.6 Å². The molecule has 0 amide bonds. The van der Waals surface area contributed by atoms with Crippen molar-refractivity contribution in [2.24, 2.45) is 0 Å². The van der Waals surface area contributed by atoms with Crippen LogP contribution in [0.2, 0.25) is 55.9 Å². The molecule has 0 saturated carbocycles. The molecule has 0 N–H and O–H groups in total. The molecule has 2 atom stereocenters. The highest BCUT2D eigenvalue weighted by Gasteiger charge is 2.48. The van der Waals surface area contributed by atoms with Crippen LogP contribution >= 0.6 is 0 Å². The summed E-state index contributed by atoms with van der Waals surface area (Å²) < 4.78 is 13.2. The predicted molar refractivity (Wildman–Crippen MR) is 128 cm³/mol. The lowest BCUT2D eigenvalue weighted by atomic mass is 10.2. The maximum Gasteiger partial charge on any atom is 0.201 e. The van der Waals surface area contributed by atoms with E-state index in [1.54, 1.807) is 0 Å². The normalized spacial score (nSPS) is 22.0. The second-order valence-corrected chi connectivity index (χ2v) is 26.3. The third-order valence-corrected chi connectivity index (χ3v) is 16.0. The van der Waals surface area contributed by atoms with Crippen LogP contribution in [0.1, 0.15) is 41.5 Å². The van der Waals surface area contributed by atoms with Gasteiger partial charge in [-0.2, -0.15) is 0 Å². The Labute approximate surface area is 176 Å². The van der Waals surface area contributed by atoms with Gasteiger partial charge in [-0.1, -0.05) is 67.1 Å². The standard InChI is InChI=1S/C22H42O3Si3/c1-21(2,3)27(10,11)24-18-16-17(14-15-26(7,8)9)19(23)20(18)25-28(12,13)22(4,5)6/h16,18,20H,1-13H3/t18-,20+/m1/s1. The Hall–Kier alpha value is -0.459. The molecule has 6 heteroatoms. The van der Waals surface area contributed by atoms with Gasteiger partial charge in [0.1, 0.15) is 14.2 Å². The van der Waals surface area contributed by atoms with E-state index in [1.807, 2.05) is 6.08 Å². The average molecular weight is 439 g/mol. The van der Waals surface area contributed by atoms with Crippen molar-refractivity contribution < 1.29 is 13.6 Å². The zero-order valence-corrected chi connectivity index (χ0v) is 23.5. The molecule has 0 aliphatic heterocycles. The third kappa shape index (κ3) is 6.27. The Kier molecular flexibility index (Phi) is 7.30. The van der Waals surface area contributed by atoms with Crippen LogP contribution in [0.3, 0.4) is 0 Å². The second-order valence-electron chi connectivity index (χ2n) is 12.1. The summed E-state index contributed by atoms with van der Waals surface area (Å²) in [4.78, 5) is 13.3. The molecule has 0 saturated heterocycles. The first-order valence-electron chi connectivity index (χ1n) is 10.3. The SMILES string of the molecule is CC(C)(C)[Si](C)(C)O[C@@H]1C(=O)C(C#C[Si](C)(C)C)=C[C@H]1O[Si](C)(C)C(C)(C)C. The zero-order chi connectivity index (χ0) is 22.3. The predicted octanol–water partition coefficient (Wildman–Crippen LogP) is 6.16. The van der Waals surface area contributed by atoms with Crippen molar-refractivity contribution in [2.45, 2.75) is 110 Å². The molecule has 0 aromatic carbocycles. The van der Waals surface area contributed by atoms with Gasteiger partial charge in [0.25, 0.3) is 0 Å². The van der Waals surface area contributed by atoms with E-state index in [0.717, 1.165) is 0 Å². The van der Waals surface area contributed by atoms with Gasteiger partial charge in [0.2, 0.25) is 5.78 Å². The van der Waals surface area contributed by atoms with Crippen LogP contribution in [0.15, 0.2) is 11.6 Å². The van der Waals surface area contributed by atoms with E-state index in [9.17, 15) is 4.79 Å². The van der Waals surface area contributed by atoms with Gasteiger partial charge in [0, 0.05) is 0 Å². The van der Waals surface area contributed by atoms with Crippen molar-refractivity contribution in [1.82, 2.24) is 0 Å². The molecule has 0 aromatic heterocycles. The van der Waals surface area contributed by atoms with Crippen molar-refractivity contribution in [3.05, 3.63) is 11.6 Å². The average Bonchev–Trinajstić information content (AvgIpc) is 2.69. The topological polar surface area (TPSA) is 35.5 Å². The van der Waals surface area contributed by atoms with Gasteiger partial charge in [-0.25, -0.2) is 0 Å². The largest absolute Gasteiger partial charge is 0.407 e. The van der Waals surface area contributed by atoms with Crippen LogP contribution in [0, 0.1) is 11.5 Å². The Morgan fingerprint density at radius 1 is 0.821 bits per heavy atom. The number of Topliss-reactive ketones (excluding diaryl/α,β-unsaturated/α-hetero) is 1. The van der Waals surface area contributed by atoms with Crippen LogP contribution in [0.4, 0.5) is 0 Å². The van der Waals surface area contributed by atoms with E-state index in [4.69, 9.17) is 8.85 Å². The highest BCUT2D eigenvalue weighted by molar-refractivity contribution is 6.84. The molecule has 1 rings (SSSR count). The Bertz CT molecular complexity index is 690. The first kappa shape index (κ1) is 25.6. The first-order chi connectivity index (χ1) is 12.2. The molecule has 0 spiro atoms. The zero-order valence-electron chi connectivity index (χ0n) is 20.5. The lowest BCUT2D eigenvalue weighted by molar-refractivity contribution is -0.123. The van der Waals surface area contributed by atoms with Crippen LogP contribution in [0.5, 0.6) is 0 Å². The highest BCUT2D eigenvalue weighted by Crippen LogP contribution is 2.42. The number of ketones is 1. The van der Waals surface area contributed by atoms with Crippen LogP contribution in [-0.4, -0.2) is 42.7 Å². The summed E-state index contributed by atoms with van der Waals surface area (Å²) in [5, 5.41) is 0.0969. The van der Waals surface area contributed by atoms with E-state index >= 15 is 0 Å². The second kappa shape index (κ2) is 7.99. The molecule has 0 fully saturated rings. The maximum atomic E-state index is 13.3. The molecular formula is C22H42O3Si3. The van der Waals surface area contributed by atoms with Crippen molar-refractivity contribution in [3.8, 4) is 11.5 Å². The lowest BCUT2D eigenvalue weighted by Gasteiger charge is -2.42. The van der Waals surface area contributed by atoms with Gasteiger partial charge in [-0.05, 0) is 42.3 Å². The van der Waals surface area contributed by atoms with Crippen LogP contribution in [0.25, 0.3) is 0 Å². The van der Waals surface area contributed by atoms with Gasteiger partial charge in [0.05, 0.1) is 11.7 Å². The number of rotatable bonds is 4. The Morgan fingerprint density at radius 2 is 1.25 bits per heavy atom. The number of hydrogen-bond acceptors (Lipinski definition) is 3. The fraction of sp³-hybridized carbons (Fsp3) is 0.773. The molecule has 0 aromatic rings. The molecular weight excluding hydrogens is 396 g/mol. The minimum Gasteiger partial charge on any atom is -0.407 e. The van der Waals surface area contributed by atoms with Gasteiger partial charge in [-0.15, -0.1) is 5.54 Å². The summed E-state index contributed by atoms with van der Waals surface area (Å²) in [6.07, 6.45) is 1.03. The third-order valence-electron chi connectivity index (χ3n) is 6.19. The van der Waals surface area contributed by atoms with Gasteiger partial charge < -0.3 is 8.85 Å². The maximum absolute atomic E-state index is 13.3. The van der Waals surface area contributed by atoms with E-state index in [0.29, 0.717) is 5.57 Å². The van der Waals surface area contributed by atoms with Crippen molar-refractivity contribution in [2.75, 3.05) is 0 Å². The highest BCUT2D eigenvalue weighted by atomic mass is 28.4. The summed E-state index contributed by atoms with van der Waals surface area (Å²) in [7, 11) is -5.75. The minimum atomic E-state index is -2.12. The van der Waals surface area contributed by atoms with Gasteiger partial charge in [-0.3, -0.25) is 4.79 Å². The summed E-state index contributed by atoms with van der Waals surface area (Å²) in [6, 6.07) is 0. The number of carbonyl (C=O) groups excluding carboxylic acids is 1. The van der Waals surface area contributed by atoms with E-state index in [2.05, 4.69) is 98.8 Å². The number of carbonyl (C=O) groups is 1. The smallest absolute Gasteiger partial charge is 0.201 e. The summed E-state index contributed by atoms with van der Waals surface area (Å²) in [5.41, 5.74) is 3.91. The number of hydrogen-bond donors (Lipinski definition) is 0. The quantitative estimate of drug-likeness (QED) is 0.389. The summed E-state index contributed by atoms with van der Waals surface area (Å²) in [5.74, 6) is 3.17. The summed E-state index contributed by atoms with van der Waals surface area (Å²) in [6.45, 7) is 28.6. The van der Waals surface area contributed by atoms with Crippen LogP contribution in [-0.2, 0) is 13.6 Å². The molecule has 0 radical (unpaired) electrons. The molecule has 0 heterocycles. The van der Waals surface area contributed by atoms with E-state index < -0.39 is 30.8 Å². The first-order valence-corrected chi connectivity index (χ1v) is 19.6. The molecule has 0 bridgehead atoms. The Balaban J connectivity index is 3.31. The fourth-order valence-electron chi connectivity index (χ4n) is 2.22. The van der Waals surface area contributed by atoms with Crippen LogP contribution < -0.4 is 0 Å². The Morgan fingerprint density at radius 3 is 1.64 bits per heavy atom. The van der Waals surface area contributed by atoms with E-state index in [-0.39, 0.29) is 22.0 Å². The minimum absolute atomic E-state index is 0.000663. The molecule has 3 nitrogen and oxygen atoms in total. The van der Waals surface area contributed by atoms with Crippen molar-refractivity contribution in [1.29, 1.82) is 0 Å². The molecule has 0 unspecified atom stereocenters. The molecule has 28 heavy (non-hydrogen) atoms. The van der Waals surface area contributed by atoms with Gasteiger partial charge >= 0.3 is 0 Å². The van der Waals surface area contributed by atoms with Crippen molar-refractivity contribution >= 4 is 30.5 Å². The van der Waals surface area contributed by atoms with Crippen molar-refractivity contribution in [3.63, 3.8) is 0 Å². The molecule has 160 valence electrons. The monoisotopic (exact) mass is 438 g/mol. The summed E-state index contributed by atoms with van der Waals surface area (Å²) >= 11 is 0.